The smallest absolute Gasteiger partial charge is 0.218 e. The van der Waals surface area contributed by atoms with Gasteiger partial charge in [-0.3, -0.25) is 4.79 Å². The van der Waals surface area contributed by atoms with E-state index < -0.39 is 0 Å². The molecule has 1 saturated heterocycles. The third-order valence-electron chi connectivity index (χ3n) is 1.99. The molecule has 0 radical (unpaired) electrons. The van der Waals surface area contributed by atoms with Gasteiger partial charge in [0, 0.05) is 16.3 Å². The molecule has 3 heteroatoms. The summed E-state index contributed by atoms with van der Waals surface area (Å²) >= 11 is 3.56. The van der Waals surface area contributed by atoms with Gasteiger partial charge < -0.3 is 0 Å². The number of terminal acetylenes is 1. The zero-order chi connectivity index (χ0) is 9.14. The Morgan fingerprint density at radius 3 is 2.67 bits per heavy atom. The molecule has 1 aliphatic heterocycles. The van der Waals surface area contributed by atoms with Crippen LogP contribution in [0.4, 0.5) is 0 Å². The molecule has 12 heavy (non-hydrogen) atoms. The van der Waals surface area contributed by atoms with Gasteiger partial charge in [-0.15, -0.1) is 18.2 Å². The summed E-state index contributed by atoms with van der Waals surface area (Å²) in [7, 11) is 0. The molecular weight excluding hydrogens is 188 g/mol. The average Bonchev–Trinajstić information content (AvgIpc) is 2.08. The molecule has 0 N–H and O–H groups in total. The van der Waals surface area contributed by atoms with Crippen molar-refractivity contribution in [2.75, 3.05) is 5.75 Å². The van der Waals surface area contributed by atoms with E-state index in [2.05, 4.69) is 19.8 Å². The van der Waals surface area contributed by atoms with Crippen molar-refractivity contribution in [3.8, 4) is 12.3 Å². The first kappa shape index (κ1) is 10.0. The summed E-state index contributed by atoms with van der Waals surface area (Å²) in [4.78, 5) is 11.1. The molecule has 66 valence electrons. The number of ketones is 1. The van der Waals surface area contributed by atoms with Gasteiger partial charge in [-0.2, -0.15) is 11.8 Å². The second-order valence-corrected chi connectivity index (χ2v) is 5.87. The van der Waals surface area contributed by atoms with Crippen LogP contribution in [0.2, 0.25) is 0 Å². The predicted octanol–water partition coefficient (Wildman–Crippen LogP) is 1.81. The van der Waals surface area contributed by atoms with Crippen LogP contribution in [0.15, 0.2) is 0 Å². The maximum Gasteiger partial charge on any atom is 0.218 e. The topological polar surface area (TPSA) is 17.1 Å². The lowest BCUT2D eigenvalue weighted by Gasteiger charge is -2.29. The summed E-state index contributed by atoms with van der Waals surface area (Å²) in [6.45, 7) is 4.34. The Kier molecular flexibility index (Phi) is 3.54. The highest BCUT2D eigenvalue weighted by molar-refractivity contribution is 8.08. The molecule has 0 bridgehead atoms. The van der Waals surface area contributed by atoms with Crippen molar-refractivity contribution in [2.24, 2.45) is 0 Å². The number of carbonyl (C=O) groups excluding carboxylic acids is 1. The van der Waals surface area contributed by atoms with Crippen LogP contribution in [0.25, 0.3) is 0 Å². The summed E-state index contributed by atoms with van der Waals surface area (Å²) in [5.74, 6) is 3.02. The molecule has 0 aromatic heterocycles. The van der Waals surface area contributed by atoms with E-state index in [-0.39, 0.29) is 11.0 Å². The van der Waals surface area contributed by atoms with Gasteiger partial charge in [-0.1, -0.05) is 13.8 Å². The van der Waals surface area contributed by atoms with E-state index in [9.17, 15) is 4.79 Å². The zero-order valence-corrected chi connectivity index (χ0v) is 8.87. The summed E-state index contributed by atoms with van der Waals surface area (Å²) in [5, 5.41) is 1.20. The van der Waals surface area contributed by atoms with Crippen molar-refractivity contribution in [1.29, 1.82) is 0 Å². The number of thioether (sulfide) groups is 2. The van der Waals surface area contributed by atoms with Crippen LogP contribution in [-0.2, 0) is 4.79 Å². The van der Waals surface area contributed by atoms with Gasteiger partial charge in [0.25, 0.3) is 0 Å². The fraction of sp³-hybridized carbons (Fsp3) is 0.667. The van der Waals surface area contributed by atoms with Crippen LogP contribution in [0.5, 0.6) is 0 Å². The molecule has 0 amide bonds. The molecule has 1 rings (SSSR count). The lowest BCUT2D eigenvalue weighted by atomic mass is 10.3. The first-order chi connectivity index (χ1) is 5.65. The molecule has 1 fully saturated rings. The lowest BCUT2D eigenvalue weighted by molar-refractivity contribution is -0.113. The number of hydrogen-bond donors (Lipinski definition) is 0. The Morgan fingerprint density at radius 1 is 1.50 bits per heavy atom. The Labute approximate surface area is 82.1 Å². The standard InChI is InChI=1S/C9H12OS2/c1-4-8(10)9-5-11-6(2)7(3)12-9/h1,6-7,9H,5H2,2-3H3. The Bertz CT molecular complexity index is 219. The molecule has 0 aliphatic carbocycles. The molecule has 0 aromatic carbocycles. The largest absolute Gasteiger partial charge is 0.284 e. The Morgan fingerprint density at radius 2 is 2.17 bits per heavy atom. The third-order valence-corrected chi connectivity index (χ3v) is 5.38. The molecule has 1 nitrogen and oxygen atoms in total. The van der Waals surface area contributed by atoms with E-state index in [0.717, 1.165) is 5.75 Å². The van der Waals surface area contributed by atoms with Gasteiger partial charge in [0.1, 0.15) is 0 Å². The molecule has 3 unspecified atom stereocenters. The molecule has 3 atom stereocenters. The van der Waals surface area contributed by atoms with Crippen LogP contribution < -0.4 is 0 Å². The van der Waals surface area contributed by atoms with Gasteiger partial charge in [0.05, 0.1) is 5.25 Å². The van der Waals surface area contributed by atoms with E-state index >= 15 is 0 Å². The molecule has 1 heterocycles. The van der Waals surface area contributed by atoms with Crippen LogP contribution >= 0.6 is 23.5 Å². The quantitative estimate of drug-likeness (QED) is 0.475. The van der Waals surface area contributed by atoms with Crippen LogP contribution in [0.1, 0.15) is 13.8 Å². The minimum Gasteiger partial charge on any atom is -0.284 e. The molecule has 0 saturated carbocycles. The lowest BCUT2D eigenvalue weighted by Crippen LogP contribution is -2.30. The fourth-order valence-corrected chi connectivity index (χ4v) is 3.82. The molecule has 0 spiro atoms. The molecule has 0 aromatic rings. The predicted molar refractivity (Wildman–Crippen MR) is 56.6 cm³/mol. The maximum absolute atomic E-state index is 11.1. The zero-order valence-electron chi connectivity index (χ0n) is 7.24. The fourth-order valence-electron chi connectivity index (χ4n) is 1.01. The summed E-state index contributed by atoms with van der Waals surface area (Å²) < 4.78 is 0. The number of carbonyl (C=O) groups is 1. The van der Waals surface area contributed by atoms with Gasteiger partial charge in [-0.25, -0.2) is 0 Å². The van der Waals surface area contributed by atoms with Crippen LogP contribution in [-0.4, -0.2) is 27.3 Å². The SMILES string of the molecule is C#CC(=O)C1CSC(C)C(C)S1. The van der Waals surface area contributed by atoms with E-state index in [1.807, 2.05) is 11.8 Å². The number of rotatable bonds is 1. The van der Waals surface area contributed by atoms with E-state index in [1.54, 1.807) is 11.8 Å². The normalized spacial score (nSPS) is 35.6. The average molecular weight is 200 g/mol. The van der Waals surface area contributed by atoms with Crippen LogP contribution in [0, 0.1) is 12.3 Å². The minimum absolute atomic E-state index is 0.0335. The summed E-state index contributed by atoms with van der Waals surface area (Å²) in [5.41, 5.74) is 0. The van der Waals surface area contributed by atoms with Crippen molar-refractivity contribution in [3.63, 3.8) is 0 Å². The van der Waals surface area contributed by atoms with Crippen molar-refractivity contribution < 1.29 is 4.79 Å². The maximum atomic E-state index is 11.1. The van der Waals surface area contributed by atoms with Crippen molar-refractivity contribution in [3.05, 3.63) is 0 Å². The van der Waals surface area contributed by atoms with Gasteiger partial charge in [-0.05, 0) is 5.92 Å². The highest BCUT2D eigenvalue weighted by Crippen LogP contribution is 2.35. The van der Waals surface area contributed by atoms with Gasteiger partial charge in [0.15, 0.2) is 0 Å². The monoisotopic (exact) mass is 200 g/mol. The Hall–Kier alpha value is -0.0700. The highest BCUT2D eigenvalue weighted by atomic mass is 32.2. The van der Waals surface area contributed by atoms with Gasteiger partial charge in [0.2, 0.25) is 5.78 Å². The summed E-state index contributed by atoms with van der Waals surface area (Å²) in [6, 6.07) is 0. The van der Waals surface area contributed by atoms with Crippen molar-refractivity contribution in [2.45, 2.75) is 29.6 Å². The first-order valence-electron chi connectivity index (χ1n) is 3.92. The van der Waals surface area contributed by atoms with Gasteiger partial charge >= 0.3 is 0 Å². The first-order valence-corrected chi connectivity index (χ1v) is 5.92. The minimum atomic E-state index is -0.0498. The van der Waals surface area contributed by atoms with E-state index in [4.69, 9.17) is 6.42 Å². The summed E-state index contributed by atoms with van der Waals surface area (Å²) in [6.07, 6.45) is 5.06. The molecule has 1 aliphatic rings. The molecular formula is C9H12OS2. The van der Waals surface area contributed by atoms with Crippen molar-refractivity contribution >= 4 is 29.3 Å². The van der Waals surface area contributed by atoms with E-state index in [0.29, 0.717) is 10.5 Å². The van der Waals surface area contributed by atoms with Crippen molar-refractivity contribution in [1.82, 2.24) is 0 Å². The van der Waals surface area contributed by atoms with Crippen LogP contribution in [0.3, 0.4) is 0 Å². The number of Topliss-reactive ketones (excluding diaryl/α,β-unsaturated/α-hetero) is 1. The number of hydrogen-bond acceptors (Lipinski definition) is 3. The Balaban J connectivity index is 2.52. The second kappa shape index (κ2) is 4.25. The highest BCUT2D eigenvalue weighted by Gasteiger charge is 2.29. The third kappa shape index (κ3) is 2.21. The van der Waals surface area contributed by atoms with E-state index in [1.165, 1.54) is 0 Å². The second-order valence-electron chi connectivity index (χ2n) is 2.88.